The minimum Gasteiger partial charge on any atom is -0.468 e. The standard InChI is InChI=1S/C16H28N4O3S.HI/c1-4-20(5-2)14(15-7-6-9-23-15)11-18-16(17-3)19-13-8-10-24(21,22)12-13;/h6-7,9,13-14H,4-5,8,10-12H2,1-3H3,(H2,17,18,19);1H. The Bertz CT molecular complexity index is 630. The smallest absolute Gasteiger partial charge is 0.191 e. The van der Waals surface area contributed by atoms with Gasteiger partial charge in [-0.2, -0.15) is 0 Å². The van der Waals surface area contributed by atoms with Crippen molar-refractivity contribution in [2.24, 2.45) is 4.99 Å². The minimum atomic E-state index is -2.91. The maximum absolute atomic E-state index is 11.6. The van der Waals surface area contributed by atoms with E-state index in [1.165, 1.54) is 0 Å². The van der Waals surface area contributed by atoms with Gasteiger partial charge >= 0.3 is 0 Å². The van der Waals surface area contributed by atoms with Gasteiger partial charge < -0.3 is 15.1 Å². The van der Waals surface area contributed by atoms with Gasteiger partial charge in [0.25, 0.3) is 0 Å². The molecule has 0 aliphatic carbocycles. The normalized spacial score (nSPS) is 21.0. The van der Waals surface area contributed by atoms with Crippen LogP contribution in [0.3, 0.4) is 0 Å². The van der Waals surface area contributed by atoms with E-state index in [9.17, 15) is 8.42 Å². The molecule has 25 heavy (non-hydrogen) atoms. The molecule has 1 aromatic rings. The number of aliphatic imine (C=N–C) groups is 1. The predicted molar refractivity (Wildman–Crippen MR) is 111 cm³/mol. The summed E-state index contributed by atoms with van der Waals surface area (Å²) in [4.78, 5) is 6.52. The maximum Gasteiger partial charge on any atom is 0.191 e. The van der Waals surface area contributed by atoms with Gasteiger partial charge in [-0.25, -0.2) is 8.42 Å². The summed E-state index contributed by atoms with van der Waals surface area (Å²) in [6.45, 7) is 6.70. The van der Waals surface area contributed by atoms with Gasteiger partial charge in [0.2, 0.25) is 0 Å². The number of hydrogen-bond acceptors (Lipinski definition) is 5. The molecule has 0 aromatic carbocycles. The number of nitrogens with zero attached hydrogens (tertiary/aromatic N) is 2. The van der Waals surface area contributed by atoms with Crippen molar-refractivity contribution in [2.75, 3.05) is 38.2 Å². The zero-order valence-electron chi connectivity index (χ0n) is 15.1. The molecule has 2 heterocycles. The molecule has 2 unspecified atom stereocenters. The number of furan rings is 1. The Labute approximate surface area is 167 Å². The van der Waals surface area contributed by atoms with Crippen molar-refractivity contribution in [1.29, 1.82) is 0 Å². The molecule has 0 bridgehead atoms. The lowest BCUT2D eigenvalue weighted by molar-refractivity contribution is 0.193. The number of sulfone groups is 1. The highest BCUT2D eigenvalue weighted by Gasteiger charge is 2.28. The van der Waals surface area contributed by atoms with Gasteiger partial charge in [0, 0.05) is 19.6 Å². The zero-order chi connectivity index (χ0) is 17.6. The number of hydrogen-bond donors (Lipinski definition) is 2. The third-order valence-electron chi connectivity index (χ3n) is 4.38. The highest BCUT2D eigenvalue weighted by atomic mass is 127. The predicted octanol–water partition coefficient (Wildman–Crippen LogP) is 1.63. The van der Waals surface area contributed by atoms with Crippen LogP contribution in [0.25, 0.3) is 0 Å². The summed E-state index contributed by atoms with van der Waals surface area (Å²) in [5.41, 5.74) is 0. The molecule has 1 aliphatic heterocycles. The molecule has 1 aromatic heterocycles. The Morgan fingerprint density at radius 2 is 2.16 bits per heavy atom. The van der Waals surface area contributed by atoms with Gasteiger partial charge in [-0.15, -0.1) is 24.0 Å². The lowest BCUT2D eigenvalue weighted by Gasteiger charge is -2.29. The van der Waals surface area contributed by atoms with Crippen LogP contribution in [0.2, 0.25) is 0 Å². The summed E-state index contributed by atoms with van der Waals surface area (Å²) < 4.78 is 28.7. The Morgan fingerprint density at radius 3 is 2.64 bits per heavy atom. The van der Waals surface area contributed by atoms with Crippen LogP contribution in [-0.2, 0) is 9.84 Å². The molecule has 0 saturated carbocycles. The van der Waals surface area contributed by atoms with Crippen molar-refractivity contribution in [3.8, 4) is 0 Å². The van der Waals surface area contributed by atoms with Crippen LogP contribution in [0.4, 0.5) is 0 Å². The summed E-state index contributed by atoms with van der Waals surface area (Å²) >= 11 is 0. The quantitative estimate of drug-likeness (QED) is 0.348. The third kappa shape index (κ3) is 6.45. The van der Waals surface area contributed by atoms with Crippen LogP contribution in [0, 0.1) is 0 Å². The highest BCUT2D eigenvalue weighted by molar-refractivity contribution is 14.0. The second-order valence-corrected chi connectivity index (χ2v) is 8.18. The van der Waals surface area contributed by atoms with Gasteiger partial charge in [0.15, 0.2) is 15.8 Å². The third-order valence-corrected chi connectivity index (χ3v) is 6.15. The Morgan fingerprint density at radius 1 is 1.44 bits per heavy atom. The van der Waals surface area contributed by atoms with Crippen LogP contribution < -0.4 is 10.6 Å². The van der Waals surface area contributed by atoms with Crippen molar-refractivity contribution in [3.05, 3.63) is 24.2 Å². The first-order valence-corrected chi connectivity index (χ1v) is 10.3. The first kappa shape index (κ1) is 22.2. The van der Waals surface area contributed by atoms with E-state index in [1.807, 2.05) is 12.1 Å². The van der Waals surface area contributed by atoms with Gasteiger partial charge in [0.1, 0.15) is 5.76 Å². The highest BCUT2D eigenvalue weighted by Crippen LogP contribution is 2.20. The molecule has 0 radical (unpaired) electrons. The van der Waals surface area contributed by atoms with E-state index in [-0.39, 0.29) is 47.6 Å². The first-order valence-electron chi connectivity index (χ1n) is 8.44. The Kier molecular flexibility index (Phi) is 9.22. The fraction of sp³-hybridized carbons (Fsp3) is 0.688. The lowest BCUT2D eigenvalue weighted by atomic mass is 10.2. The number of rotatable bonds is 7. The van der Waals surface area contributed by atoms with Gasteiger partial charge in [-0.3, -0.25) is 9.89 Å². The van der Waals surface area contributed by atoms with Crippen molar-refractivity contribution in [3.63, 3.8) is 0 Å². The van der Waals surface area contributed by atoms with Crippen LogP contribution in [0.5, 0.6) is 0 Å². The molecule has 2 atom stereocenters. The molecule has 0 spiro atoms. The zero-order valence-corrected chi connectivity index (χ0v) is 18.2. The van der Waals surface area contributed by atoms with Crippen LogP contribution in [0.15, 0.2) is 27.8 Å². The van der Waals surface area contributed by atoms with Gasteiger partial charge in [-0.05, 0) is 31.6 Å². The second kappa shape index (κ2) is 10.4. The maximum atomic E-state index is 11.6. The van der Waals surface area contributed by atoms with Crippen molar-refractivity contribution in [1.82, 2.24) is 15.5 Å². The molecule has 1 fully saturated rings. The van der Waals surface area contributed by atoms with Crippen LogP contribution in [-0.4, -0.2) is 63.5 Å². The Balaban J connectivity index is 0.00000312. The molecule has 7 nitrogen and oxygen atoms in total. The second-order valence-electron chi connectivity index (χ2n) is 5.95. The summed E-state index contributed by atoms with van der Waals surface area (Å²) in [6, 6.07) is 3.89. The fourth-order valence-electron chi connectivity index (χ4n) is 3.05. The number of likely N-dealkylation sites (N-methyl/N-ethyl adjacent to an activating group) is 1. The van der Waals surface area contributed by atoms with E-state index in [4.69, 9.17) is 4.42 Å². The van der Waals surface area contributed by atoms with E-state index in [0.29, 0.717) is 18.9 Å². The fourth-order valence-corrected chi connectivity index (χ4v) is 4.72. The number of guanidine groups is 1. The van der Waals surface area contributed by atoms with E-state index >= 15 is 0 Å². The molecule has 2 rings (SSSR count). The Hall–Kier alpha value is -0.810. The van der Waals surface area contributed by atoms with Crippen LogP contribution >= 0.6 is 24.0 Å². The number of halogens is 1. The monoisotopic (exact) mass is 484 g/mol. The van der Waals surface area contributed by atoms with E-state index in [2.05, 4.69) is 34.4 Å². The molecule has 1 aliphatic rings. The van der Waals surface area contributed by atoms with E-state index in [1.54, 1.807) is 13.3 Å². The molecule has 1 saturated heterocycles. The van der Waals surface area contributed by atoms with Gasteiger partial charge in [0.05, 0.1) is 23.8 Å². The molecular weight excluding hydrogens is 455 g/mol. The molecule has 2 N–H and O–H groups in total. The van der Waals surface area contributed by atoms with E-state index in [0.717, 1.165) is 18.8 Å². The largest absolute Gasteiger partial charge is 0.468 e. The topological polar surface area (TPSA) is 86.9 Å². The van der Waals surface area contributed by atoms with Gasteiger partial charge in [-0.1, -0.05) is 13.8 Å². The molecule has 144 valence electrons. The summed E-state index contributed by atoms with van der Waals surface area (Å²) in [5.74, 6) is 1.95. The number of nitrogens with one attached hydrogen (secondary N) is 2. The average molecular weight is 484 g/mol. The minimum absolute atomic E-state index is 0. The molecule has 9 heteroatoms. The molecular formula is C16H29IN4O3S. The SMILES string of the molecule is CCN(CC)C(CNC(=NC)NC1CCS(=O)(=O)C1)c1ccco1.I. The lowest BCUT2D eigenvalue weighted by Crippen LogP contribution is -2.47. The van der Waals surface area contributed by atoms with Crippen molar-refractivity contribution >= 4 is 39.8 Å². The summed E-state index contributed by atoms with van der Waals surface area (Å²) in [6.07, 6.45) is 2.31. The average Bonchev–Trinajstić information content (AvgIpc) is 3.19. The summed E-state index contributed by atoms with van der Waals surface area (Å²) in [5, 5.41) is 6.51. The molecule has 0 amide bonds. The van der Waals surface area contributed by atoms with E-state index < -0.39 is 9.84 Å². The first-order chi connectivity index (χ1) is 11.5. The summed E-state index contributed by atoms with van der Waals surface area (Å²) in [7, 11) is -1.21. The van der Waals surface area contributed by atoms with Crippen LogP contribution in [0.1, 0.15) is 32.1 Å². The van der Waals surface area contributed by atoms with Crippen molar-refractivity contribution < 1.29 is 12.8 Å². The van der Waals surface area contributed by atoms with Crippen molar-refractivity contribution in [2.45, 2.75) is 32.4 Å².